The molecule has 3 N–H and O–H groups in total. The molecule has 31 heavy (non-hydrogen) atoms. The number of aromatic nitrogens is 2. The van der Waals surface area contributed by atoms with Crippen molar-refractivity contribution >= 4 is 29.0 Å². The molecule has 0 bridgehead atoms. The molecule has 11 heteroatoms. The molecule has 1 heterocycles. The van der Waals surface area contributed by atoms with E-state index in [0.29, 0.717) is 5.69 Å². The van der Waals surface area contributed by atoms with Crippen molar-refractivity contribution in [3.8, 4) is 5.69 Å². The van der Waals surface area contributed by atoms with Gasteiger partial charge in [0.2, 0.25) is 0 Å². The summed E-state index contributed by atoms with van der Waals surface area (Å²) >= 11 is 5.73. The summed E-state index contributed by atoms with van der Waals surface area (Å²) in [6.07, 6.45) is -3.05. The molecular weight excluding hydrogens is 435 g/mol. The molecule has 3 aromatic rings. The van der Waals surface area contributed by atoms with Gasteiger partial charge in [0.05, 0.1) is 23.1 Å². The second-order valence-corrected chi connectivity index (χ2v) is 6.75. The summed E-state index contributed by atoms with van der Waals surface area (Å²) in [5, 5.41) is 6.24. The first-order valence-electron chi connectivity index (χ1n) is 8.75. The number of para-hydroxylation sites is 1. The van der Waals surface area contributed by atoms with Gasteiger partial charge in [-0.1, -0.05) is 35.9 Å². The predicted octanol–water partition coefficient (Wildman–Crippen LogP) is 4.27. The number of urea groups is 1. The van der Waals surface area contributed by atoms with Crippen molar-refractivity contribution in [2.75, 3.05) is 25.1 Å². The fraction of sp³-hybridized carbons (Fsp3) is 0.150. The number of alkyl halides is 3. The first kappa shape index (κ1) is 23.7. The third-order valence-corrected chi connectivity index (χ3v) is 4.17. The maximum atomic E-state index is 12.3. The number of halogens is 4. The van der Waals surface area contributed by atoms with Crippen LogP contribution in [0.5, 0.6) is 0 Å². The summed E-state index contributed by atoms with van der Waals surface area (Å²) in [6, 6.07) is 13.0. The van der Waals surface area contributed by atoms with E-state index in [0.717, 1.165) is 12.1 Å². The quantitative estimate of drug-likeness (QED) is 0.606. The summed E-state index contributed by atoms with van der Waals surface area (Å²) in [5.41, 5.74) is 5.22. The lowest BCUT2D eigenvalue weighted by Gasteiger charge is -2.13. The zero-order valence-corrected chi connectivity index (χ0v) is 17.3. The Kier molecular flexibility index (Phi) is 7.65. The predicted molar refractivity (Wildman–Crippen MR) is 113 cm³/mol. The highest BCUT2D eigenvalue weighted by Crippen LogP contribution is 2.30. The van der Waals surface area contributed by atoms with E-state index in [4.69, 9.17) is 17.3 Å². The molecule has 2 amide bonds. The highest BCUT2D eigenvalue weighted by atomic mass is 35.5. The summed E-state index contributed by atoms with van der Waals surface area (Å²) in [4.78, 5) is 24.1. The Morgan fingerprint density at radius 2 is 1.77 bits per heavy atom. The Labute approximate surface area is 180 Å². The van der Waals surface area contributed by atoms with Crippen molar-refractivity contribution in [3.05, 3.63) is 81.7 Å². The van der Waals surface area contributed by atoms with Crippen LogP contribution in [-0.4, -0.2) is 34.8 Å². The SMILES string of the molecule is CN(C)C(=O)Nc1cccc(C(F)(F)F)c1.Nc1cnn(-c2ccccc2)c(=O)c1Cl. The fourth-order valence-electron chi connectivity index (χ4n) is 2.21. The van der Waals surface area contributed by atoms with Crippen molar-refractivity contribution in [3.63, 3.8) is 0 Å². The average Bonchev–Trinajstić information content (AvgIpc) is 2.73. The van der Waals surface area contributed by atoms with Gasteiger partial charge in [-0.25, -0.2) is 4.79 Å². The number of rotatable bonds is 2. The number of hydrogen-bond acceptors (Lipinski definition) is 4. The topological polar surface area (TPSA) is 93.2 Å². The molecule has 3 rings (SSSR count). The Morgan fingerprint density at radius 3 is 2.35 bits per heavy atom. The number of nitrogen functional groups attached to an aromatic ring is 1. The molecular formula is C20H19ClF3N5O2. The van der Waals surface area contributed by atoms with Crippen LogP contribution in [0.4, 0.5) is 29.3 Å². The lowest BCUT2D eigenvalue weighted by molar-refractivity contribution is -0.137. The Hall–Kier alpha value is -3.53. The molecule has 0 fully saturated rings. The standard InChI is InChI=1S/C10H8ClN3O.C10H11F3N2O/c11-9-8(12)6-13-14(10(9)15)7-4-2-1-3-5-7;1-15(2)9(16)14-8-5-3-4-7(6-8)10(11,12)13/h1-6H,12H2;3-6H,1-2H3,(H,14,16). The van der Waals surface area contributed by atoms with Crippen LogP contribution >= 0.6 is 11.6 Å². The Bertz CT molecular complexity index is 1100. The van der Waals surface area contributed by atoms with Crippen LogP contribution in [0.2, 0.25) is 5.02 Å². The number of benzene rings is 2. The van der Waals surface area contributed by atoms with E-state index in [2.05, 4.69) is 10.4 Å². The summed E-state index contributed by atoms with van der Waals surface area (Å²) < 4.78 is 38.2. The molecule has 0 unspecified atom stereocenters. The van der Waals surface area contributed by atoms with Gasteiger partial charge in [0.15, 0.2) is 0 Å². The third kappa shape index (κ3) is 6.48. The van der Waals surface area contributed by atoms with Crippen LogP contribution in [0.15, 0.2) is 65.6 Å². The van der Waals surface area contributed by atoms with Gasteiger partial charge in [0.25, 0.3) is 5.56 Å². The van der Waals surface area contributed by atoms with E-state index >= 15 is 0 Å². The lowest BCUT2D eigenvalue weighted by atomic mass is 10.2. The maximum Gasteiger partial charge on any atom is 0.416 e. The number of nitrogens with one attached hydrogen (secondary N) is 1. The van der Waals surface area contributed by atoms with Gasteiger partial charge in [0.1, 0.15) is 5.02 Å². The molecule has 2 aromatic carbocycles. The van der Waals surface area contributed by atoms with Crippen molar-refractivity contribution in [1.29, 1.82) is 0 Å². The molecule has 1 aromatic heterocycles. The van der Waals surface area contributed by atoms with Gasteiger partial charge in [-0.2, -0.15) is 23.0 Å². The van der Waals surface area contributed by atoms with Gasteiger partial charge in [-0.05, 0) is 30.3 Å². The number of anilines is 2. The fourth-order valence-corrected chi connectivity index (χ4v) is 2.34. The number of carbonyl (C=O) groups is 1. The van der Waals surface area contributed by atoms with Crippen LogP contribution in [-0.2, 0) is 6.18 Å². The molecule has 0 atom stereocenters. The second kappa shape index (κ2) is 9.98. The molecule has 0 aliphatic heterocycles. The molecule has 0 aliphatic carbocycles. The molecule has 164 valence electrons. The minimum Gasteiger partial charge on any atom is -0.396 e. The molecule has 0 spiro atoms. The monoisotopic (exact) mass is 453 g/mol. The zero-order valence-electron chi connectivity index (χ0n) is 16.5. The number of nitrogens with zero attached hydrogens (tertiary/aromatic N) is 3. The van der Waals surface area contributed by atoms with Crippen LogP contribution in [0.25, 0.3) is 5.69 Å². The Balaban J connectivity index is 0.000000220. The number of hydrogen-bond donors (Lipinski definition) is 2. The van der Waals surface area contributed by atoms with Gasteiger partial charge in [-0.15, -0.1) is 0 Å². The van der Waals surface area contributed by atoms with Crippen LogP contribution < -0.4 is 16.6 Å². The van der Waals surface area contributed by atoms with Gasteiger partial charge < -0.3 is 16.0 Å². The normalized spacial score (nSPS) is 10.6. The van der Waals surface area contributed by atoms with Gasteiger partial charge in [-0.3, -0.25) is 4.79 Å². The maximum absolute atomic E-state index is 12.3. The second-order valence-electron chi connectivity index (χ2n) is 6.37. The number of carbonyl (C=O) groups excluding carboxylic acids is 1. The minimum atomic E-state index is -4.40. The summed E-state index contributed by atoms with van der Waals surface area (Å²) in [5.74, 6) is 0. The first-order chi connectivity index (χ1) is 14.5. The van der Waals surface area contributed by atoms with Crippen LogP contribution in [0.1, 0.15) is 5.56 Å². The molecule has 0 saturated heterocycles. The van der Waals surface area contributed by atoms with Crippen molar-refractivity contribution in [2.24, 2.45) is 0 Å². The van der Waals surface area contributed by atoms with Gasteiger partial charge in [0, 0.05) is 19.8 Å². The Morgan fingerprint density at radius 1 is 1.13 bits per heavy atom. The molecule has 7 nitrogen and oxygen atoms in total. The highest BCUT2D eigenvalue weighted by Gasteiger charge is 2.30. The lowest BCUT2D eigenvalue weighted by Crippen LogP contribution is -2.27. The average molecular weight is 454 g/mol. The largest absolute Gasteiger partial charge is 0.416 e. The van der Waals surface area contributed by atoms with E-state index in [-0.39, 0.29) is 16.4 Å². The van der Waals surface area contributed by atoms with E-state index in [1.165, 1.54) is 42.0 Å². The first-order valence-corrected chi connectivity index (χ1v) is 9.12. The van der Waals surface area contributed by atoms with Gasteiger partial charge >= 0.3 is 12.2 Å². The summed E-state index contributed by atoms with van der Waals surface area (Å²) in [7, 11) is 3.01. The molecule has 0 radical (unpaired) electrons. The summed E-state index contributed by atoms with van der Waals surface area (Å²) in [6.45, 7) is 0. The third-order valence-electron chi connectivity index (χ3n) is 3.79. The smallest absolute Gasteiger partial charge is 0.396 e. The van der Waals surface area contributed by atoms with E-state index < -0.39 is 23.3 Å². The number of amides is 2. The van der Waals surface area contributed by atoms with E-state index in [1.54, 1.807) is 12.1 Å². The zero-order chi connectivity index (χ0) is 23.2. The van der Waals surface area contributed by atoms with Crippen LogP contribution in [0.3, 0.4) is 0 Å². The molecule has 0 saturated carbocycles. The van der Waals surface area contributed by atoms with E-state index in [1.807, 2.05) is 18.2 Å². The van der Waals surface area contributed by atoms with Crippen LogP contribution in [0, 0.1) is 0 Å². The van der Waals surface area contributed by atoms with Crippen molar-refractivity contribution in [2.45, 2.75) is 6.18 Å². The van der Waals surface area contributed by atoms with Crippen molar-refractivity contribution in [1.82, 2.24) is 14.7 Å². The highest BCUT2D eigenvalue weighted by molar-refractivity contribution is 6.32. The molecule has 0 aliphatic rings. The minimum absolute atomic E-state index is 0.00569. The van der Waals surface area contributed by atoms with Crippen molar-refractivity contribution < 1.29 is 18.0 Å². The van der Waals surface area contributed by atoms with E-state index in [9.17, 15) is 22.8 Å². The number of nitrogens with two attached hydrogens (primary N) is 1.